The number of ether oxygens (including phenoxy) is 1. The van der Waals surface area contributed by atoms with Crippen LogP contribution in [0.5, 0.6) is 5.88 Å². The monoisotopic (exact) mass is 345 g/mol. The van der Waals surface area contributed by atoms with Gasteiger partial charge in [-0.1, -0.05) is 6.92 Å². The predicted octanol–water partition coefficient (Wildman–Crippen LogP) is 3.49. The van der Waals surface area contributed by atoms with Gasteiger partial charge in [-0.3, -0.25) is 0 Å². The Morgan fingerprint density at radius 2 is 2.10 bits per heavy atom. The van der Waals surface area contributed by atoms with E-state index in [2.05, 4.69) is 25.9 Å². The molecule has 0 bridgehead atoms. The lowest BCUT2D eigenvalue weighted by Crippen LogP contribution is -2.39. The van der Waals surface area contributed by atoms with Crippen LogP contribution in [-0.2, 0) is 4.74 Å². The molecule has 112 valence electrons. The molecule has 20 heavy (non-hydrogen) atoms. The summed E-state index contributed by atoms with van der Waals surface area (Å²) in [7, 11) is 0. The number of aromatic nitrogens is 2. The number of carbonyl (C=O) groups is 1. The Balaban J connectivity index is 2.83. The van der Waals surface area contributed by atoms with E-state index >= 15 is 0 Å². The predicted molar refractivity (Wildman–Crippen MR) is 78.3 cm³/mol. The molecule has 0 fully saturated rings. The number of rotatable bonds is 4. The van der Waals surface area contributed by atoms with Crippen molar-refractivity contribution in [3.05, 3.63) is 16.5 Å². The average Bonchev–Trinajstić information content (AvgIpc) is 2.29. The Morgan fingerprint density at radius 1 is 1.45 bits per heavy atom. The summed E-state index contributed by atoms with van der Waals surface area (Å²) >= 11 is 3.23. The number of hydrogen-bond acceptors (Lipinski definition) is 5. The molecule has 1 aromatic rings. The minimum Gasteiger partial charge on any atom is -0.442 e. The van der Waals surface area contributed by atoms with Crippen LogP contribution in [0.4, 0.5) is 4.79 Å². The highest BCUT2D eigenvalue weighted by molar-refractivity contribution is 9.10. The van der Waals surface area contributed by atoms with Crippen LogP contribution in [0, 0.1) is 6.92 Å². The Kier molecular flexibility index (Phi) is 5.74. The summed E-state index contributed by atoms with van der Waals surface area (Å²) in [6.45, 7) is 9.53. The second-order valence-electron chi connectivity index (χ2n) is 5.26. The molecule has 1 heterocycles. The summed E-state index contributed by atoms with van der Waals surface area (Å²) in [5, 5.41) is 1.16. The third-order valence-corrected chi connectivity index (χ3v) is 2.47. The van der Waals surface area contributed by atoms with E-state index in [4.69, 9.17) is 9.57 Å². The Labute approximate surface area is 127 Å². The van der Waals surface area contributed by atoms with Crippen LogP contribution in [0.2, 0.25) is 0 Å². The molecule has 0 spiro atoms. The van der Waals surface area contributed by atoms with Gasteiger partial charge in [-0.25, -0.2) is 14.8 Å². The Hall–Kier alpha value is -1.37. The minimum absolute atomic E-state index is 0.285. The fourth-order valence-electron chi connectivity index (χ4n) is 1.33. The third-order valence-electron chi connectivity index (χ3n) is 2.09. The summed E-state index contributed by atoms with van der Waals surface area (Å²) in [4.78, 5) is 25.8. The van der Waals surface area contributed by atoms with E-state index in [1.165, 1.54) is 6.20 Å². The van der Waals surface area contributed by atoms with Crippen molar-refractivity contribution in [2.24, 2.45) is 0 Å². The first-order valence-corrected chi connectivity index (χ1v) is 7.20. The molecular formula is C13H20BrN3O3. The van der Waals surface area contributed by atoms with E-state index in [1.807, 2.05) is 6.92 Å². The van der Waals surface area contributed by atoms with Crippen molar-refractivity contribution < 1.29 is 14.4 Å². The highest BCUT2D eigenvalue weighted by Gasteiger charge is 2.24. The molecule has 0 aliphatic rings. The van der Waals surface area contributed by atoms with Crippen molar-refractivity contribution in [3.8, 4) is 5.88 Å². The van der Waals surface area contributed by atoms with E-state index in [-0.39, 0.29) is 5.88 Å². The van der Waals surface area contributed by atoms with Gasteiger partial charge in [0, 0.05) is 0 Å². The summed E-state index contributed by atoms with van der Waals surface area (Å²) in [5.74, 6) is 0.285. The topological polar surface area (TPSA) is 64.5 Å². The molecule has 0 saturated heterocycles. The standard InChI is InChI=1S/C13H20BrN3O3/c1-6-7-17(12(18)19-13(3,4)5)20-11-9(2)16-10(14)8-15-11/h8H,6-7H2,1-5H3. The van der Waals surface area contributed by atoms with Crippen molar-refractivity contribution >= 4 is 22.0 Å². The summed E-state index contributed by atoms with van der Waals surface area (Å²) in [6, 6.07) is 0. The van der Waals surface area contributed by atoms with Gasteiger partial charge in [0.1, 0.15) is 15.9 Å². The molecule has 0 N–H and O–H groups in total. The Bertz CT molecular complexity index is 474. The lowest BCUT2D eigenvalue weighted by Gasteiger charge is -2.26. The number of carbonyl (C=O) groups excluding carboxylic acids is 1. The molecule has 0 radical (unpaired) electrons. The molecule has 0 aromatic carbocycles. The van der Waals surface area contributed by atoms with Crippen LogP contribution in [-0.4, -0.2) is 33.3 Å². The Morgan fingerprint density at radius 3 is 2.60 bits per heavy atom. The molecule has 1 aromatic heterocycles. The molecule has 1 rings (SSSR count). The van der Waals surface area contributed by atoms with Gasteiger partial charge in [0.15, 0.2) is 0 Å². The molecule has 1 amide bonds. The fourth-order valence-corrected chi connectivity index (χ4v) is 1.69. The van der Waals surface area contributed by atoms with Crippen LogP contribution >= 0.6 is 15.9 Å². The van der Waals surface area contributed by atoms with Crippen molar-refractivity contribution in [2.45, 2.75) is 46.6 Å². The van der Waals surface area contributed by atoms with Gasteiger partial charge in [-0.05, 0) is 50.0 Å². The average molecular weight is 346 g/mol. The quantitative estimate of drug-likeness (QED) is 0.781. The van der Waals surface area contributed by atoms with Crippen LogP contribution < -0.4 is 4.84 Å². The van der Waals surface area contributed by atoms with E-state index in [9.17, 15) is 4.79 Å². The molecule has 0 unspecified atom stereocenters. The highest BCUT2D eigenvalue weighted by atomic mass is 79.9. The largest absolute Gasteiger partial charge is 0.443 e. The summed E-state index contributed by atoms with van der Waals surface area (Å²) < 4.78 is 5.91. The first-order chi connectivity index (χ1) is 9.23. The van der Waals surface area contributed by atoms with Crippen molar-refractivity contribution in [3.63, 3.8) is 0 Å². The van der Waals surface area contributed by atoms with Crippen molar-refractivity contribution in [1.82, 2.24) is 15.0 Å². The highest BCUT2D eigenvalue weighted by Crippen LogP contribution is 2.17. The number of nitrogens with zero attached hydrogens (tertiary/aromatic N) is 3. The van der Waals surface area contributed by atoms with Gasteiger partial charge in [0.2, 0.25) is 0 Å². The summed E-state index contributed by atoms with van der Waals surface area (Å²) in [6.07, 6.45) is 1.72. The SMILES string of the molecule is CCCN(Oc1ncc(Br)nc1C)C(=O)OC(C)(C)C. The van der Waals surface area contributed by atoms with Gasteiger partial charge < -0.3 is 9.57 Å². The zero-order valence-electron chi connectivity index (χ0n) is 12.4. The molecule has 6 nitrogen and oxygen atoms in total. The van der Waals surface area contributed by atoms with Gasteiger partial charge in [0.05, 0.1) is 12.7 Å². The fraction of sp³-hybridized carbons (Fsp3) is 0.615. The lowest BCUT2D eigenvalue weighted by molar-refractivity contribution is -0.0754. The number of hydrogen-bond donors (Lipinski definition) is 0. The van der Waals surface area contributed by atoms with E-state index in [0.29, 0.717) is 16.8 Å². The second kappa shape index (κ2) is 6.88. The molecule has 0 aliphatic carbocycles. The van der Waals surface area contributed by atoms with Crippen LogP contribution in [0.3, 0.4) is 0 Å². The normalized spacial score (nSPS) is 11.1. The van der Waals surface area contributed by atoms with Crippen LogP contribution in [0.25, 0.3) is 0 Å². The maximum Gasteiger partial charge on any atom is 0.443 e. The smallest absolute Gasteiger partial charge is 0.442 e. The van der Waals surface area contributed by atoms with Crippen molar-refractivity contribution in [2.75, 3.05) is 6.54 Å². The second-order valence-corrected chi connectivity index (χ2v) is 6.07. The number of hydroxylamine groups is 2. The minimum atomic E-state index is -0.577. The van der Waals surface area contributed by atoms with Gasteiger partial charge >= 0.3 is 6.09 Å². The van der Waals surface area contributed by atoms with E-state index < -0.39 is 11.7 Å². The van der Waals surface area contributed by atoms with Crippen LogP contribution in [0.1, 0.15) is 39.8 Å². The van der Waals surface area contributed by atoms with Crippen molar-refractivity contribution in [1.29, 1.82) is 0 Å². The molecule has 0 saturated carbocycles. The maximum absolute atomic E-state index is 12.1. The molecule has 7 heteroatoms. The van der Waals surface area contributed by atoms with Crippen LogP contribution in [0.15, 0.2) is 10.8 Å². The van der Waals surface area contributed by atoms with Gasteiger partial charge in [0.25, 0.3) is 5.88 Å². The first kappa shape index (κ1) is 16.7. The summed E-state index contributed by atoms with van der Waals surface area (Å²) in [5.41, 5.74) is 0.0106. The van der Waals surface area contributed by atoms with Gasteiger partial charge in [-0.2, -0.15) is 0 Å². The molecule has 0 atom stereocenters. The van der Waals surface area contributed by atoms with E-state index in [0.717, 1.165) is 11.5 Å². The zero-order valence-corrected chi connectivity index (χ0v) is 14.0. The first-order valence-electron chi connectivity index (χ1n) is 6.40. The maximum atomic E-state index is 12.1. The lowest BCUT2D eigenvalue weighted by atomic mass is 10.2. The van der Waals surface area contributed by atoms with E-state index in [1.54, 1.807) is 27.7 Å². The number of aryl methyl sites for hydroxylation is 1. The molecule has 0 aliphatic heterocycles. The molecular weight excluding hydrogens is 326 g/mol. The van der Waals surface area contributed by atoms with Gasteiger partial charge in [-0.15, -0.1) is 5.06 Å². The third kappa shape index (κ3) is 5.32. The zero-order chi connectivity index (χ0) is 15.3. The number of halogens is 1. The number of amides is 1.